The van der Waals surface area contributed by atoms with E-state index >= 15 is 0 Å². The fourth-order valence-electron chi connectivity index (χ4n) is 4.36. The average molecular weight is 368 g/mol. The molecule has 1 aliphatic carbocycles. The Morgan fingerprint density at radius 1 is 1.19 bits per heavy atom. The van der Waals surface area contributed by atoms with Crippen molar-refractivity contribution in [3.63, 3.8) is 0 Å². The van der Waals surface area contributed by atoms with Gasteiger partial charge in [0.2, 0.25) is 0 Å². The Hall–Kier alpha value is -2.26. The molecule has 2 aromatic carbocycles. The van der Waals surface area contributed by atoms with Gasteiger partial charge in [-0.15, -0.1) is 0 Å². The summed E-state index contributed by atoms with van der Waals surface area (Å²) in [4.78, 5) is 11.8. The number of hydrogen-bond donors (Lipinski definition) is 1. The number of ether oxygens (including phenoxy) is 1. The smallest absolute Gasteiger partial charge is 0.337 e. The largest absolute Gasteiger partial charge is 0.465 e. The fourth-order valence-corrected chi connectivity index (χ4v) is 4.54. The monoisotopic (exact) mass is 367 g/mol. The maximum atomic E-state index is 11.8. The summed E-state index contributed by atoms with van der Waals surface area (Å²) in [5.41, 5.74) is 5.36. The third-order valence-electron chi connectivity index (χ3n) is 5.61. The minimum absolute atomic E-state index is 0.213. The van der Waals surface area contributed by atoms with Crippen molar-refractivity contribution in [3.8, 4) is 0 Å². The van der Waals surface area contributed by atoms with Crippen LogP contribution in [0.2, 0.25) is 5.02 Å². The van der Waals surface area contributed by atoms with Crippen LogP contribution in [0.1, 0.15) is 51.8 Å². The minimum atomic E-state index is -0.297. The second-order valence-corrected chi connectivity index (χ2v) is 7.55. The van der Waals surface area contributed by atoms with E-state index in [1.54, 1.807) is 0 Å². The highest BCUT2D eigenvalue weighted by Crippen LogP contribution is 2.50. The van der Waals surface area contributed by atoms with E-state index in [0.717, 1.165) is 29.1 Å². The lowest BCUT2D eigenvalue weighted by atomic mass is 9.70. The molecule has 2 aromatic rings. The summed E-state index contributed by atoms with van der Waals surface area (Å²) in [5.74, 6) is 0.534. The molecule has 0 amide bonds. The molecule has 0 saturated heterocycles. The molecule has 0 saturated carbocycles. The van der Waals surface area contributed by atoms with Crippen LogP contribution in [0.3, 0.4) is 0 Å². The molecule has 1 heterocycles. The van der Waals surface area contributed by atoms with Crippen LogP contribution in [0.15, 0.2) is 48.6 Å². The molecule has 4 rings (SSSR count). The van der Waals surface area contributed by atoms with E-state index in [9.17, 15) is 4.79 Å². The van der Waals surface area contributed by atoms with E-state index in [4.69, 9.17) is 16.3 Å². The number of nitrogens with one attached hydrogen (secondary N) is 1. The zero-order chi connectivity index (χ0) is 18.3. The lowest BCUT2D eigenvalue weighted by Crippen LogP contribution is -2.32. The van der Waals surface area contributed by atoms with Gasteiger partial charge in [-0.3, -0.25) is 0 Å². The van der Waals surface area contributed by atoms with Gasteiger partial charge in [-0.2, -0.15) is 0 Å². The van der Waals surface area contributed by atoms with Crippen LogP contribution < -0.4 is 5.32 Å². The standard InChI is InChI=1S/C22H22ClNO2/c1-13-11-14(22(25)26-2)7-9-16(13)21-18-6-4-3-5-17(18)19-12-15(23)8-10-20(19)24-21/h3,5,7-12,17-18,21,24H,4,6H2,1-2H3/t17-,18+,21+/m1/s1. The van der Waals surface area contributed by atoms with Crippen LogP contribution in [-0.4, -0.2) is 13.1 Å². The molecular formula is C22H22ClNO2. The molecule has 3 nitrogen and oxygen atoms in total. The number of aryl methyl sites for hydroxylation is 1. The molecule has 0 spiro atoms. The third-order valence-corrected chi connectivity index (χ3v) is 5.84. The number of carbonyl (C=O) groups excluding carboxylic acids is 1. The van der Waals surface area contributed by atoms with Gasteiger partial charge in [-0.25, -0.2) is 4.79 Å². The number of allylic oxidation sites excluding steroid dienone is 2. The number of rotatable bonds is 2. The Balaban J connectivity index is 1.76. The molecule has 2 aliphatic rings. The summed E-state index contributed by atoms with van der Waals surface area (Å²) in [6, 6.07) is 12.2. The molecule has 0 radical (unpaired) electrons. The van der Waals surface area contributed by atoms with E-state index in [1.165, 1.54) is 18.2 Å². The van der Waals surface area contributed by atoms with Crippen molar-refractivity contribution in [2.45, 2.75) is 31.7 Å². The molecule has 3 atom stereocenters. The second kappa shape index (κ2) is 6.81. The first-order valence-corrected chi connectivity index (χ1v) is 9.38. The summed E-state index contributed by atoms with van der Waals surface area (Å²) >= 11 is 6.25. The van der Waals surface area contributed by atoms with E-state index in [1.807, 2.05) is 18.2 Å². The number of benzene rings is 2. The molecule has 26 heavy (non-hydrogen) atoms. The minimum Gasteiger partial charge on any atom is -0.465 e. The molecule has 0 bridgehead atoms. The van der Waals surface area contributed by atoms with Crippen molar-refractivity contribution in [3.05, 3.63) is 75.8 Å². The first kappa shape index (κ1) is 17.2. The van der Waals surface area contributed by atoms with Crippen LogP contribution in [0, 0.1) is 12.8 Å². The van der Waals surface area contributed by atoms with Crippen LogP contribution >= 0.6 is 11.6 Å². The predicted octanol–water partition coefficient (Wildman–Crippen LogP) is 5.65. The van der Waals surface area contributed by atoms with Crippen molar-refractivity contribution in [2.75, 3.05) is 12.4 Å². The van der Waals surface area contributed by atoms with Gasteiger partial charge in [0, 0.05) is 16.6 Å². The van der Waals surface area contributed by atoms with Crippen molar-refractivity contribution >= 4 is 23.3 Å². The summed E-state index contributed by atoms with van der Waals surface area (Å²) in [6.07, 6.45) is 6.83. The SMILES string of the molecule is COC(=O)c1ccc([C@@H]2Nc3ccc(Cl)cc3[C@@H]3C=CCC[C@@H]32)c(C)c1. The van der Waals surface area contributed by atoms with E-state index in [-0.39, 0.29) is 12.0 Å². The number of fused-ring (bicyclic) bond motifs is 3. The summed E-state index contributed by atoms with van der Waals surface area (Å²) in [5, 5.41) is 4.51. The Morgan fingerprint density at radius 2 is 2.04 bits per heavy atom. The summed E-state index contributed by atoms with van der Waals surface area (Å²) in [7, 11) is 1.41. The van der Waals surface area contributed by atoms with Crippen molar-refractivity contribution in [2.24, 2.45) is 5.92 Å². The Morgan fingerprint density at radius 3 is 2.81 bits per heavy atom. The second-order valence-electron chi connectivity index (χ2n) is 7.11. The van der Waals surface area contributed by atoms with Crippen molar-refractivity contribution < 1.29 is 9.53 Å². The Labute approximate surface area is 159 Å². The van der Waals surface area contributed by atoms with Crippen molar-refractivity contribution in [1.29, 1.82) is 0 Å². The highest BCUT2D eigenvalue weighted by molar-refractivity contribution is 6.30. The predicted molar refractivity (Wildman–Crippen MR) is 105 cm³/mol. The molecule has 4 heteroatoms. The third kappa shape index (κ3) is 2.90. The molecular weight excluding hydrogens is 346 g/mol. The van der Waals surface area contributed by atoms with Crippen LogP contribution in [0.5, 0.6) is 0 Å². The van der Waals surface area contributed by atoms with Gasteiger partial charge >= 0.3 is 5.97 Å². The first-order chi connectivity index (χ1) is 12.6. The summed E-state index contributed by atoms with van der Waals surface area (Å²) in [6.45, 7) is 2.06. The normalized spacial score (nSPS) is 23.6. The fraction of sp³-hybridized carbons (Fsp3) is 0.318. The van der Waals surface area contributed by atoms with Gasteiger partial charge in [-0.1, -0.05) is 29.8 Å². The molecule has 0 fully saturated rings. The lowest BCUT2D eigenvalue weighted by Gasteiger charge is -2.42. The molecule has 1 aliphatic heterocycles. The van der Waals surface area contributed by atoms with E-state index in [0.29, 0.717) is 17.4 Å². The molecule has 1 N–H and O–H groups in total. The van der Waals surface area contributed by atoms with Gasteiger partial charge < -0.3 is 10.1 Å². The zero-order valence-electron chi connectivity index (χ0n) is 15.0. The number of anilines is 1. The maximum Gasteiger partial charge on any atom is 0.337 e. The van der Waals surface area contributed by atoms with Gasteiger partial charge in [0.1, 0.15) is 0 Å². The average Bonchev–Trinajstić information content (AvgIpc) is 2.67. The van der Waals surface area contributed by atoms with Gasteiger partial charge in [-0.05, 0) is 72.7 Å². The molecule has 0 unspecified atom stereocenters. The number of methoxy groups -OCH3 is 1. The maximum absolute atomic E-state index is 11.8. The van der Waals surface area contributed by atoms with Crippen LogP contribution in [0.25, 0.3) is 0 Å². The molecule has 134 valence electrons. The number of halogens is 1. The number of esters is 1. The van der Waals surface area contributed by atoms with Gasteiger partial charge in [0.15, 0.2) is 0 Å². The van der Waals surface area contributed by atoms with Crippen LogP contribution in [-0.2, 0) is 4.74 Å². The van der Waals surface area contributed by atoms with E-state index in [2.05, 4.69) is 42.6 Å². The summed E-state index contributed by atoms with van der Waals surface area (Å²) < 4.78 is 4.84. The Bertz CT molecular complexity index is 890. The lowest BCUT2D eigenvalue weighted by molar-refractivity contribution is 0.0600. The van der Waals surface area contributed by atoms with Crippen LogP contribution in [0.4, 0.5) is 5.69 Å². The molecule has 0 aromatic heterocycles. The first-order valence-electron chi connectivity index (χ1n) is 9.00. The van der Waals surface area contributed by atoms with Gasteiger partial charge in [0.05, 0.1) is 18.7 Å². The van der Waals surface area contributed by atoms with E-state index < -0.39 is 0 Å². The zero-order valence-corrected chi connectivity index (χ0v) is 15.7. The Kier molecular flexibility index (Phi) is 4.49. The quantitative estimate of drug-likeness (QED) is 0.550. The number of carbonyl (C=O) groups is 1. The van der Waals surface area contributed by atoms with Crippen molar-refractivity contribution in [1.82, 2.24) is 0 Å². The highest BCUT2D eigenvalue weighted by atomic mass is 35.5. The topological polar surface area (TPSA) is 38.3 Å². The van der Waals surface area contributed by atoms with Gasteiger partial charge in [0.25, 0.3) is 0 Å². The number of hydrogen-bond acceptors (Lipinski definition) is 3. The highest BCUT2D eigenvalue weighted by Gasteiger charge is 2.37.